The Balaban J connectivity index is -0.000000645. The van der Waals surface area contributed by atoms with Gasteiger partial charge in [-0.25, -0.2) is 0 Å². The molecule has 0 saturated carbocycles. The van der Waals surface area contributed by atoms with Crippen LogP contribution in [0.5, 0.6) is 0 Å². The highest BCUT2D eigenvalue weighted by Crippen LogP contribution is 2.41. The number of unbranched alkanes of at least 4 members (excludes halogenated alkanes) is 2. The number of thiol groups is 3. The van der Waals surface area contributed by atoms with E-state index in [9.17, 15) is 43.2 Å². The Labute approximate surface area is 691 Å². The zero-order valence-corrected chi connectivity index (χ0v) is 77.4. The fraction of sp³-hybridized carbons (Fsp3) is 0.880. The predicted octanol–water partition coefficient (Wildman–Crippen LogP) is 20.9. The Morgan fingerprint density at radius 3 is 0.757 bits per heavy atom. The lowest BCUT2D eigenvalue weighted by Gasteiger charge is -2.34. The molecule has 0 spiro atoms. The van der Waals surface area contributed by atoms with Crippen LogP contribution in [-0.2, 0) is 66.8 Å². The van der Waals surface area contributed by atoms with E-state index in [2.05, 4.69) is 82.2 Å². The highest BCUT2D eigenvalue weighted by Gasteiger charge is 2.34. The van der Waals surface area contributed by atoms with Crippen LogP contribution in [0.1, 0.15) is 244 Å². The predicted molar refractivity (Wildman–Crippen MR) is 477 cm³/mol. The molecule has 0 aromatic rings. The minimum absolute atomic E-state index is 0.114. The first kappa shape index (κ1) is 111. The van der Waals surface area contributed by atoms with Crippen molar-refractivity contribution in [2.24, 2.45) is 16.2 Å². The monoisotopic (exact) mass is 1710 g/mol. The molecule has 0 aliphatic rings. The number of thioether (sulfide) groups is 11. The van der Waals surface area contributed by atoms with Crippen molar-refractivity contribution in [3.8, 4) is 0 Å². The van der Waals surface area contributed by atoms with Crippen LogP contribution < -0.4 is 0 Å². The Hall–Kier alpha value is 1.73. The molecule has 0 unspecified atom stereocenters. The molecule has 28 heteroatoms. The van der Waals surface area contributed by atoms with Gasteiger partial charge in [0.05, 0.1) is 37.4 Å². The molecule has 0 fully saturated rings. The molecular weight excluding hydrogens is 1570 g/mol. The van der Waals surface area contributed by atoms with Crippen molar-refractivity contribution in [1.29, 1.82) is 0 Å². The van der Waals surface area contributed by atoms with E-state index in [1.807, 2.05) is 6.92 Å². The molecule has 0 bridgehead atoms. The van der Waals surface area contributed by atoms with Crippen LogP contribution in [0, 0.1) is 16.2 Å². The maximum atomic E-state index is 11.3. The van der Waals surface area contributed by atoms with Crippen molar-refractivity contribution >= 4 is 213 Å². The largest absolute Gasteiger partial charge is 0.381 e. The van der Waals surface area contributed by atoms with E-state index in [1.165, 1.54) is 187 Å². The fourth-order valence-electron chi connectivity index (χ4n) is 10.4. The molecule has 14 nitrogen and oxygen atoms in total. The molecule has 0 aliphatic carbocycles. The van der Waals surface area contributed by atoms with E-state index in [4.69, 9.17) is 23.7 Å². The zero-order chi connectivity index (χ0) is 78.2. The van der Waals surface area contributed by atoms with E-state index >= 15 is 0 Å². The molecular formula is C75H140O14S14. The second-order valence-corrected chi connectivity index (χ2v) is 40.9. The molecule has 0 rings (SSSR count). The summed E-state index contributed by atoms with van der Waals surface area (Å²) in [5.41, 5.74) is 0.109. The first-order valence-corrected chi connectivity index (χ1v) is 50.3. The lowest BCUT2D eigenvalue weighted by Crippen LogP contribution is -2.42. The van der Waals surface area contributed by atoms with Gasteiger partial charge in [0.15, 0.2) is 46.0 Å². The highest BCUT2D eigenvalue weighted by atomic mass is 32.2. The minimum atomic E-state index is -0.439. The van der Waals surface area contributed by atoms with Gasteiger partial charge in [-0.15, -0.1) is 0 Å². The minimum Gasteiger partial charge on any atom is -0.381 e. The standard InChI is InChI=1S/C22H40O7S3.C21H38O3S4.C17H30O4S3.C15H32S4/c1-5-26-15-22(16-27-9-6-12-30-19(2)23,17-28-10-7-13-31-20(3)24)18-29-11-8-14-32-21(4)25;1-5-6-13-25-17-21(10-7-14-26-18(2)22,11-8-15-27-19(3)23)12-9-16-28-20(4)24;1-14(18)22-11-5-8-17(4,9-6-12-23-15(2)19)21-10-7-13-24-16(3)20;1-2-3-13-19-14-15(7-4-10-16,8-5-11-17)9-6-12-18/h5-18H2,1-4H3;5-17H2,1-4H3;5-13H2,1-4H3;16-18H,2-14H2,1H3. The zero-order valence-electron chi connectivity index (χ0n) is 65.7. The summed E-state index contributed by atoms with van der Waals surface area (Å²) < 4.78 is 29.7. The number of hydrogen-bond donors (Lipinski definition) is 3. The lowest BCUT2D eigenvalue weighted by molar-refractivity contribution is -0.110. The van der Waals surface area contributed by atoms with Crippen LogP contribution in [0.3, 0.4) is 0 Å². The maximum Gasteiger partial charge on any atom is 0.185 e. The van der Waals surface area contributed by atoms with Gasteiger partial charge < -0.3 is 23.7 Å². The molecule has 0 aromatic heterocycles. The second kappa shape index (κ2) is 79.0. The third-order valence-electron chi connectivity index (χ3n) is 15.6. The molecule has 0 amide bonds. The Kier molecular flexibility index (Phi) is 85.2. The van der Waals surface area contributed by atoms with E-state index in [-0.39, 0.29) is 57.1 Å². The van der Waals surface area contributed by atoms with Gasteiger partial charge in [-0.1, -0.05) is 133 Å². The van der Waals surface area contributed by atoms with Crippen molar-refractivity contribution < 1.29 is 66.8 Å². The van der Waals surface area contributed by atoms with Crippen molar-refractivity contribution in [3.63, 3.8) is 0 Å². The summed E-state index contributed by atoms with van der Waals surface area (Å²) in [7, 11) is 0. The van der Waals surface area contributed by atoms with Gasteiger partial charge in [0.2, 0.25) is 0 Å². The molecule has 0 aliphatic heterocycles. The Morgan fingerprint density at radius 2 is 0.515 bits per heavy atom. The SMILES string of the molecule is CC(=O)SCCCOC(C)(CCCSC(C)=O)CCCSC(C)=O.CCCCSCC(CCCS)(CCCS)CCCS.CCCCSCC(CCCSC(C)=O)(CCCSC(C)=O)CCCSC(C)=O.CCOCC(COCCCSC(C)=O)(COCCCSC(C)=O)COCCCSC(C)=O. The van der Waals surface area contributed by atoms with E-state index in [0.29, 0.717) is 64.9 Å². The average Bonchev–Trinajstić information content (AvgIpc) is 0.916. The number of ether oxygens (including phenoxy) is 5. The second-order valence-electron chi connectivity index (χ2n) is 25.9. The average molecular weight is 1710 g/mol. The van der Waals surface area contributed by atoms with Crippen molar-refractivity contribution in [2.75, 3.05) is 152 Å². The maximum absolute atomic E-state index is 11.3. The highest BCUT2D eigenvalue weighted by molar-refractivity contribution is 8.15. The molecule has 0 heterocycles. The third kappa shape index (κ3) is 81.6. The van der Waals surface area contributed by atoms with Crippen LogP contribution in [0.15, 0.2) is 0 Å². The number of carbonyl (C=O) groups excluding carboxylic acids is 9. The molecule has 0 atom stereocenters. The van der Waals surface area contributed by atoms with Gasteiger partial charge in [0.25, 0.3) is 0 Å². The van der Waals surface area contributed by atoms with Crippen molar-refractivity contribution in [1.82, 2.24) is 0 Å². The number of rotatable bonds is 65. The lowest BCUT2D eigenvalue weighted by atomic mass is 9.77. The summed E-state index contributed by atoms with van der Waals surface area (Å²) in [4.78, 5) is 99.8. The Bertz CT molecular complexity index is 1960. The summed E-state index contributed by atoms with van der Waals surface area (Å²) in [6, 6.07) is 0. The number of hydrogen-bond acceptors (Lipinski definition) is 28. The quantitative estimate of drug-likeness (QED) is 0.0383. The van der Waals surface area contributed by atoms with Crippen LogP contribution in [-0.4, -0.2) is 203 Å². The van der Waals surface area contributed by atoms with Crippen LogP contribution in [0.25, 0.3) is 0 Å². The molecule has 103 heavy (non-hydrogen) atoms. The van der Waals surface area contributed by atoms with Gasteiger partial charge in [0, 0.05) is 147 Å². The first-order chi connectivity index (χ1) is 49.1. The van der Waals surface area contributed by atoms with Gasteiger partial charge in [-0.3, -0.25) is 43.2 Å². The van der Waals surface area contributed by atoms with Crippen LogP contribution in [0.4, 0.5) is 0 Å². The molecule has 0 N–H and O–H groups in total. The summed E-state index contributed by atoms with van der Waals surface area (Å²) >= 11 is 29.7. The number of carbonyl (C=O) groups is 9. The summed E-state index contributed by atoms with van der Waals surface area (Å²) in [6.45, 7) is 27.6. The van der Waals surface area contributed by atoms with Crippen molar-refractivity contribution in [3.05, 3.63) is 0 Å². The van der Waals surface area contributed by atoms with Crippen LogP contribution >= 0.6 is 167 Å². The summed E-state index contributed by atoms with van der Waals surface area (Å²) in [5.74, 6) is 15.3. The van der Waals surface area contributed by atoms with Gasteiger partial charge in [-0.2, -0.15) is 61.4 Å². The molecule has 0 radical (unpaired) electrons. The topological polar surface area (TPSA) is 200 Å². The van der Waals surface area contributed by atoms with Gasteiger partial charge in [-0.05, 0) is 206 Å². The fourth-order valence-corrected chi connectivity index (χ4v) is 18.9. The van der Waals surface area contributed by atoms with E-state index < -0.39 is 5.41 Å². The van der Waals surface area contributed by atoms with Gasteiger partial charge >= 0.3 is 0 Å². The molecule has 608 valence electrons. The third-order valence-corrected chi connectivity index (χ3v) is 27.4. The molecule has 0 saturated heterocycles. The first-order valence-electron chi connectivity index (χ1n) is 37.2. The summed E-state index contributed by atoms with van der Waals surface area (Å²) in [6.07, 6.45) is 26.3. The normalized spacial score (nSPS) is 11.7. The van der Waals surface area contributed by atoms with E-state index in [1.54, 1.807) is 62.3 Å². The summed E-state index contributed by atoms with van der Waals surface area (Å²) in [5, 5.41) is 1.36. The van der Waals surface area contributed by atoms with Gasteiger partial charge in [0.1, 0.15) is 0 Å². The molecule has 0 aromatic carbocycles. The van der Waals surface area contributed by atoms with E-state index in [0.717, 1.165) is 165 Å². The smallest absolute Gasteiger partial charge is 0.185 e. The van der Waals surface area contributed by atoms with Crippen molar-refractivity contribution in [2.45, 2.75) is 250 Å². The van der Waals surface area contributed by atoms with Crippen LogP contribution in [0.2, 0.25) is 0 Å². The Morgan fingerprint density at radius 1 is 0.282 bits per heavy atom.